The van der Waals surface area contributed by atoms with Crippen LogP contribution in [-0.4, -0.2) is 58.5 Å². The van der Waals surface area contributed by atoms with Gasteiger partial charge in [-0.05, 0) is 37.3 Å². The van der Waals surface area contributed by atoms with Crippen molar-refractivity contribution < 1.29 is 4.79 Å². The van der Waals surface area contributed by atoms with E-state index in [-0.39, 0.29) is 17.4 Å². The lowest BCUT2D eigenvalue weighted by Crippen LogP contribution is -2.39. The Labute approximate surface area is 184 Å². The van der Waals surface area contributed by atoms with Gasteiger partial charge in [-0.1, -0.05) is 43.7 Å². The molecule has 0 saturated carbocycles. The van der Waals surface area contributed by atoms with Gasteiger partial charge >= 0.3 is 0 Å². The van der Waals surface area contributed by atoms with Gasteiger partial charge in [0.25, 0.3) is 5.56 Å². The fraction of sp³-hybridized carbons (Fsp3) is 0.560. The van der Waals surface area contributed by atoms with E-state index in [9.17, 15) is 9.59 Å². The van der Waals surface area contributed by atoms with Crippen LogP contribution in [0.25, 0.3) is 0 Å². The lowest BCUT2D eigenvalue weighted by molar-refractivity contribution is -0.131. The Morgan fingerprint density at radius 1 is 1.19 bits per heavy atom. The highest BCUT2D eigenvalue weighted by molar-refractivity contribution is 5.78. The SMILES string of the molecule is C[C@@H](CN(C)C(=O)CN1CC[C@@H](c2cc(=O)n3c(n2)CCCCC3)C1)c1ccccc1. The third-order valence-electron chi connectivity index (χ3n) is 6.78. The van der Waals surface area contributed by atoms with Crippen LogP contribution in [0.3, 0.4) is 0 Å². The molecule has 0 aliphatic carbocycles. The van der Waals surface area contributed by atoms with Crippen molar-refractivity contribution >= 4 is 5.91 Å². The molecule has 166 valence electrons. The summed E-state index contributed by atoms with van der Waals surface area (Å²) in [7, 11) is 1.89. The van der Waals surface area contributed by atoms with Gasteiger partial charge in [0.05, 0.1) is 12.2 Å². The number of hydrogen-bond acceptors (Lipinski definition) is 4. The first-order valence-corrected chi connectivity index (χ1v) is 11.6. The predicted molar refractivity (Wildman–Crippen MR) is 122 cm³/mol. The van der Waals surface area contributed by atoms with E-state index in [4.69, 9.17) is 4.98 Å². The minimum atomic E-state index is 0.0889. The molecule has 2 aromatic rings. The smallest absolute Gasteiger partial charge is 0.253 e. The highest BCUT2D eigenvalue weighted by Gasteiger charge is 2.28. The van der Waals surface area contributed by atoms with Crippen LogP contribution < -0.4 is 5.56 Å². The number of aryl methyl sites for hydroxylation is 1. The number of likely N-dealkylation sites (N-methyl/N-ethyl adjacent to an activating group) is 1. The average molecular weight is 423 g/mol. The van der Waals surface area contributed by atoms with Crippen molar-refractivity contribution in [1.29, 1.82) is 0 Å². The fourth-order valence-electron chi connectivity index (χ4n) is 4.87. The molecule has 2 aliphatic rings. The molecule has 31 heavy (non-hydrogen) atoms. The maximum Gasteiger partial charge on any atom is 0.253 e. The van der Waals surface area contributed by atoms with Crippen molar-refractivity contribution in [3.8, 4) is 0 Å². The standard InChI is InChI=1S/C25H34N4O2/c1-19(20-9-5-3-6-10-20)16-27(2)25(31)18-28-14-12-21(17-28)22-15-24(30)29-13-8-4-7-11-23(29)26-22/h3,5-6,9-10,15,19,21H,4,7-8,11-14,16-18H2,1-2H3/t19-,21+/m0/s1. The molecule has 0 N–H and O–H groups in total. The van der Waals surface area contributed by atoms with Gasteiger partial charge in [0, 0.05) is 45.1 Å². The summed E-state index contributed by atoms with van der Waals surface area (Å²) in [5, 5.41) is 0. The Bertz CT molecular complexity index is 956. The van der Waals surface area contributed by atoms with Crippen molar-refractivity contribution in [2.75, 3.05) is 33.2 Å². The largest absolute Gasteiger partial charge is 0.344 e. The summed E-state index contributed by atoms with van der Waals surface area (Å²) in [6, 6.07) is 12.1. The average Bonchev–Trinajstić information content (AvgIpc) is 3.10. The van der Waals surface area contributed by atoms with Crippen LogP contribution in [-0.2, 0) is 17.8 Å². The first kappa shape index (κ1) is 21.8. The van der Waals surface area contributed by atoms with E-state index in [1.807, 2.05) is 34.7 Å². The molecule has 1 saturated heterocycles. The van der Waals surface area contributed by atoms with Crippen molar-refractivity contribution in [1.82, 2.24) is 19.4 Å². The van der Waals surface area contributed by atoms with Crippen LogP contribution >= 0.6 is 0 Å². The number of carbonyl (C=O) groups is 1. The topological polar surface area (TPSA) is 58.4 Å². The van der Waals surface area contributed by atoms with Crippen LogP contribution in [0.2, 0.25) is 0 Å². The lowest BCUT2D eigenvalue weighted by atomic mass is 10.0. The Morgan fingerprint density at radius 3 is 2.81 bits per heavy atom. The van der Waals surface area contributed by atoms with Gasteiger partial charge in [-0.3, -0.25) is 19.1 Å². The molecule has 2 aliphatic heterocycles. The van der Waals surface area contributed by atoms with Crippen molar-refractivity contribution in [2.45, 2.75) is 57.4 Å². The van der Waals surface area contributed by atoms with Crippen LogP contribution in [0.15, 0.2) is 41.2 Å². The Morgan fingerprint density at radius 2 is 2.00 bits per heavy atom. The maximum absolute atomic E-state index is 12.8. The number of nitrogens with zero attached hydrogens (tertiary/aromatic N) is 4. The molecular weight excluding hydrogens is 388 g/mol. The highest BCUT2D eigenvalue weighted by Crippen LogP contribution is 2.26. The van der Waals surface area contributed by atoms with Crippen molar-refractivity contribution in [2.24, 2.45) is 0 Å². The first-order valence-electron chi connectivity index (χ1n) is 11.6. The van der Waals surface area contributed by atoms with E-state index < -0.39 is 0 Å². The quantitative estimate of drug-likeness (QED) is 0.718. The number of likely N-dealkylation sites (tertiary alicyclic amines) is 1. The second-order valence-electron chi connectivity index (χ2n) is 9.20. The van der Waals surface area contributed by atoms with Gasteiger partial charge < -0.3 is 4.90 Å². The number of rotatable bonds is 6. The summed E-state index contributed by atoms with van der Waals surface area (Å²) in [6.45, 7) is 5.76. The second-order valence-corrected chi connectivity index (χ2v) is 9.20. The summed E-state index contributed by atoms with van der Waals surface area (Å²) in [6.07, 6.45) is 5.17. The number of aromatic nitrogens is 2. The fourth-order valence-corrected chi connectivity index (χ4v) is 4.87. The monoisotopic (exact) mass is 422 g/mol. The van der Waals surface area contributed by atoms with E-state index in [0.717, 1.165) is 63.3 Å². The van der Waals surface area contributed by atoms with Crippen LogP contribution in [0.5, 0.6) is 0 Å². The molecular formula is C25H34N4O2. The zero-order valence-corrected chi connectivity index (χ0v) is 18.8. The highest BCUT2D eigenvalue weighted by atomic mass is 16.2. The zero-order chi connectivity index (χ0) is 21.8. The van der Waals surface area contributed by atoms with E-state index in [1.165, 1.54) is 5.56 Å². The molecule has 1 amide bonds. The number of fused-ring (bicyclic) bond motifs is 1. The molecule has 6 heteroatoms. The van der Waals surface area contributed by atoms with E-state index in [1.54, 1.807) is 6.07 Å². The first-order chi connectivity index (χ1) is 15.0. The molecule has 3 heterocycles. The molecule has 2 atom stereocenters. The zero-order valence-electron chi connectivity index (χ0n) is 18.8. The van der Waals surface area contributed by atoms with Crippen LogP contribution in [0.4, 0.5) is 0 Å². The Balaban J connectivity index is 1.34. The normalized spacial score (nSPS) is 20.1. The second kappa shape index (κ2) is 9.77. The molecule has 1 aromatic carbocycles. The summed E-state index contributed by atoms with van der Waals surface area (Å²) >= 11 is 0. The molecule has 1 fully saturated rings. The molecule has 4 rings (SSSR count). The minimum Gasteiger partial charge on any atom is -0.344 e. The summed E-state index contributed by atoms with van der Waals surface area (Å²) < 4.78 is 1.86. The van der Waals surface area contributed by atoms with Crippen LogP contribution in [0.1, 0.15) is 61.5 Å². The van der Waals surface area contributed by atoms with E-state index in [0.29, 0.717) is 19.0 Å². The molecule has 0 bridgehead atoms. The molecule has 1 aromatic heterocycles. The summed E-state index contributed by atoms with van der Waals surface area (Å²) in [5.74, 6) is 1.64. The van der Waals surface area contributed by atoms with Crippen molar-refractivity contribution in [3.63, 3.8) is 0 Å². The Kier molecular flexibility index (Phi) is 6.86. The van der Waals surface area contributed by atoms with Crippen molar-refractivity contribution in [3.05, 3.63) is 63.8 Å². The minimum absolute atomic E-state index is 0.0889. The Hall–Kier alpha value is -2.47. The number of amides is 1. The predicted octanol–water partition coefficient (Wildman–Crippen LogP) is 3.02. The number of benzene rings is 1. The summed E-state index contributed by atoms with van der Waals surface area (Å²) in [5.41, 5.74) is 2.26. The van der Waals surface area contributed by atoms with Gasteiger partial charge in [0.15, 0.2) is 0 Å². The molecule has 6 nitrogen and oxygen atoms in total. The van der Waals surface area contributed by atoms with E-state index >= 15 is 0 Å². The van der Waals surface area contributed by atoms with Gasteiger partial charge in [0.1, 0.15) is 5.82 Å². The number of hydrogen-bond donors (Lipinski definition) is 0. The van der Waals surface area contributed by atoms with Gasteiger partial charge in [-0.2, -0.15) is 0 Å². The molecule has 0 spiro atoms. The maximum atomic E-state index is 12.8. The third-order valence-corrected chi connectivity index (χ3v) is 6.78. The van der Waals surface area contributed by atoms with E-state index in [2.05, 4.69) is 24.0 Å². The number of carbonyl (C=O) groups excluding carboxylic acids is 1. The third kappa shape index (κ3) is 5.24. The lowest BCUT2D eigenvalue weighted by Gasteiger charge is -2.24. The van der Waals surface area contributed by atoms with Gasteiger partial charge in [-0.15, -0.1) is 0 Å². The molecule has 0 radical (unpaired) electrons. The van der Waals surface area contributed by atoms with Gasteiger partial charge in [-0.25, -0.2) is 4.98 Å². The van der Waals surface area contributed by atoms with Crippen LogP contribution in [0, 0.1) is 0 Å². The molecule has 0 unspecified atom stereocenters. The van der Waals surface area contributed by atoms with Gasteiger partial charge in [0.2, 0.25) is 5.91 Å². The summed E-state index contributed by atoms with van der Waals surface area (Å²) in [4.78, 5) is 34.4.